The van der Waals surface area contributed by atoms with Crippen molar-refractivity contribution >= 4 is 29.5 Å². The molecule has 1 fully saturated rings. The van der Waals surface area contributed by atoms with Crippen molar-refractivity contribution in [3.63, 3.8) is 0 Å². The summed E-state index contributed by atoms with van der Waals surface area (Å²) in [6.45, 7) is 4.89. The van der Waals surface area contributed by atoms with Crippen LogP contribution >= 0.6 is 0 Å². The van der Waals surface area contributed by atoms with E-state index < -0.39 is 46.2 Å². The second-order valence-corrected chi connectivity index (χ2v) is 6.97. The first-order valence-electron chi connectivity index (χ1n) is 9.16. The minimum atomic E-state index is -2.38. The number of non-ortho nitro benzene ring substituents is 1. The summed E-state index contributed by atoms with van der Waals surface area (Å²) >= 11 is 0. The van der Waals surface area contributed by atoms with Gasteiger partial charge in [-0.15, -0.1) is 0 Å². The summed E-state index contributed by atoms with van der Waals surface area (Å²) in [6, 6.07) is 5.38. The minimum absolute atomic E-state index is 0.101. The fraction of sp³-hybridized carbons (Fsp3) is 0.450. The van der Waals surface area contributed by atoms with Crippen molar-refractivity contribution in [1.29, 1.82) is 0 Å². The van der Waals surface area contributed by atoms with Crippen molar-refractivity contribution in [2.45, 2.75) is 38.9 Å². The number of Topliss-reactive ketones (excluding diaryl/α,β-unsaturated/α-hetero) is 1. The molecule has 1 N–H and O–H groups in total. The van der Waals surface area contributed by atoms with E-state index in [1.807, 2.05) is 0 Å². The lowest BCUT2D eigenvalue weighted by Gasteiger charge is -2.41. The summed E-state index contributed by atoms with van der Waals surface area (Å²) in [6.07, 6.45) is 1.75. The zero-order valence-corrected chi connectivity index (χ0v) is 16.4. The molecule has 1 aliphatic rings. The lowest BCUT2D eigenvalue weighted by molar-refractivity contribution is -0.384. The monoisotopic (exact) mass is 405 g/mol. The van der Waals surface area contributed by atoms with Gasteiger partial charge in [0.25, 0.3) is 5.69 Å². The van der Waals surface area contributed by atoms with Crippen molar-refractivity contribution in [3.05, 3.63) is 46.0 Å². The smallest absolute Gasteiger partial charge is 0.343 e. The van der Waals surface area contributed by atoms with Gasteiger partial charge in [-0.2, -0.15) is 0 Å². The topological polar surface area (TPSA) is 133 Å². The molecule has 29 heavy (non-hydrogen) atoms. The first kappa shape index (κ1) is 22.2. The predicted molar refractivity (Wildman–Crippen MR) is 102 cm³/mol. The third-order valence-electron chi connectivity index (χ3n) is 4.54. The van der Waals surface area contributed by atoms with E-state index in [9.17, 15) is 29.6 Å². The number of benzene rings is 1. The molecule has 2 rings (SSSR count). The summed E-state index contributed by atoms with van der Waals surface area (Å²) in [5.74, 6) is -4.48. The van der Waals surface area contributed by atoms with Gasteiger partial charge >= 0.3 is 11.9 Å². The minimum Gasteiger partial charge on any atom is -0.466 e. The number of esters is 2. The molecular weight excluding hydrogens is 382 g/mol. The van der Waals surface area contributed by atoms with Crippen molar-refractivity contribution in [2.75, 3.05) is 6.61 Å². The lowest BCUT2D eigenvalue weighted by Crippen LogP contribution is -2.59. The van der Waals surface area contributed by atoms with Crippen LogP contribution < -0.4 is 0 Å². The Balaban J connectivity index is 2.37. The average molecular weight is 405 g/mol. The molecule has 0 bridgehead atoms. The van der Waals surface area contributed by atoms with E-state index in [1.165, 1.54) is 30.3 Å². The molecular formula is C20H23NO8. The van der Waals surface area contributed by atoms with Gasteiger partial charge < -0.3 is 14.6 Å². The number of carbonyl (C=O) groups excluding carboxylic acids is 3. The van der Waals surface area contributed by atoms with Gasteiger partial charge in [0.15, 0.2) is 5.60 Å². The zero-order valence-electron chi connectivity index (χ0n) is 16.4. The first-order valence-corrected chi connectivity index (χ1v) is 9.16. The highest BCUT2D eigenvalue weighted by atomic mass is 16.6. The van der Waals surface area contributed by atoms with Crippen molar-refractivity contribution in [1.82, 2.24) is 0 Å². The Hall–Kier alpha value is -3.07. The SMILES string of the molecule is CCOC(=O)[C@H]1CC(=O)[C@@H]1[C@](O)(/C=C/c1ccc([N+](=O)[O-])cc1)C(=O)OC(C)C. The maximum Gasteiger partial charge on any atom is 0.343 e. The van der Waals surface area contributed by atoms with Gasteiger partial charge in [-0.25, -0.2) is 4.79 Å². The Labute approximate surface area is 167 Å². The third kappa shape index (κ3) is 4.86. The number of hydrogen-bond donors (Lipinski definition) is 1. The van der Waals surface area contributed by atoms with Crippen LogP contribution in [0.25, 0.3) is 6.08 Å². The Bertz CT molecular complexity index is 829. The molecule has 156 valence electrons. The highest BCUT2D eigenvalue weighted by Crippen LogP contribution is 2.41. The van der Waals surface area contributed by atoms with Crippen molar-refractivity contribution < 1.29 is 33.9 Å². The van der Waals surface area contributed by atoms with E-state index in [-0.39, 0.29) is 18.7 Å². The second kappa shape index (κ2) is 8.95. The van der Waals surface area contributed by atoms with E-state index in [0.29, 0.717) is 5.56 Å². The molecule has 0 amide bonds. The highest BCUT2D eigenvalue weighted by Gasteiger charge is 2.59. The van der Waals surface area contributed by atoms with E-state index in [4.69, 9.17) is 9.47 Å². The van der Waals surface area contributed by atoms with Crippen LogP contribution in [-0.2, 0) is 23.9 Å². The van der Waals surface area contributed by atoms with Crippen LogP contribution in [0.1, 0.15) is 32.8 Å². The number of nitrogens with zero attached hydrogens (tertiary/aromatic N) is 1. The van der Waals surface area contributed by atoms with Crippen molar-refractivity contribution in [2.24, 2.45) is 11.8 Å². The largest absolute Gasteiger partial charge is 0.466 e. The standard InChI is InChI=1S/C20H23NO8/c1-4-28-18(23)15-11-16(22)17(15)20(25,19(24)29-12(2)3)10-9-13-5-7-14(8-6-13)21(26)27/h5-10,12,15,17,25H,4,11H2,1-3H3/b10-9+/t15-,17+,20+/m0/s1. The molecule has 0 spiro atoms. The van der Waals surface area contributed by atoms with Crippen LogP contribution in [0.3, 0.4) is 0 Å². The van der Waals surface area contributed by atoms with E-state index in [2.05, 4.69) is 0 Å². The van der Waals surface area contributed by atoms with Crippen LogP contribution in [0, 0.1) is 22.0 Å². The highest BCUT2D eigenvalue weighted by molar-refractivity contribution is 6.02. The van der Waals surface area contributed by atoms with Crippen LogP contribution in [-0.4, -0.2) is 46.1 Å². The molecule has 0 radical (unpaired) electrons. The number of ketones is 1. The number of nitro groups is 1. The molecule has 0 aromatic heterocycles. The number of hydrogen-bond acceptors (Lipinski definition) is 8. The average Bonchev–Trinajstić information content (AvgIpc) is 2.64. The number of carbonyl (C=O) groups is 3. The molecule has 0 saturated heterocycles. The quantitative estimate of drug-likeness (QED) is 0.395. The Morgan fingerprint density at radius 3 is 2.45 bits per heavy atom. The Kier molecular flexibility index (Phi) is 6.86. The van der Waals surface area contributed by atoms with Crippen LogP contribution in [0.4, 0.5) is 5.69 Å². The molecule has 1 saturated carbocycles. The van der Waals surface area contributed by atoms with E-state index in [0.717, 1.165) is 6.08 Å². The van der Waals surface area contributed by atoms with Gasteiger partial charge in [0, 0.05) is 18.6 Å². The third-order valence-corrected chi connectivity index (χ3v) is 4.54. The molecule has 1 aromatic rings. The van der Waals surface area contributed by atoms with Gasteiger partial charge in [-0.05, 0) is 44.5 Å². The molecule has 0 heterocycles. The number of rotatable bonds is 8. The second-order valence-electron chi connectivity index (χ2n) is 6.97. The maximum atomic E-state index is 12.6. The molecule has 3 atom stereocenters. The predicted octanol–water partition coefficient (Wildman–Crippen LogP) is 2.06. The lowest BCUT2D eigenvalue weighted by atomic mass is 9.63. The van der Waals surface area contributed by atoms with Gasteiger partial charge in [0.1, 0.15) is 5.78 Å². The van der Waals surface area contributed by atoms with E-state index >= 15 is 0 Å². The molecule has 0 unspecified atom stereocenters. The summed E-state index contributed by atoms with van der Waals surface area (Å²) < 4.78 is 10.1. The van der Waals surface area contributed by atoms with Gasteiger partial charge in [0.2, 0.25) is 0 Å². The molecule has 1 aromatic carbocycles. The fourth-order valence-electron chi connectivity index (χ4n) is 3.08. The normalized spacial score (nSPS) is 20.8. The molecule has 9 heteroatoms. The molecule has 9 nitrogen and oxygen atoms in total. The summed E-state index contributed by atoms with van der Waals surface area (Å²) in [4.78, 5) is 47.2. The van der Waals surface area contributed by atoms with Crippen LogP contribution in [0.2, 0.25) is 0 Å². The first-order chi connectivity index (χ1) is 13.6. The van der Waals surface area contributed by atoms with Gasteiger partial charge in [-0.1, -0.05) is 6.08 Å². The Morgan fingerprint density at radius 2 is 1.97 bits per heavy atom. The number of nitro benzene ring substituents is 1. The van der Waals surface area contributed by atoms with Crippen LogP contribution in [0.15, 0.2) is 30.3 Å². The van der Waals surface area contributed by atoms with Crippen LogP contribution in [0.5, 0.6) is 0 Å². The van der Waals surface area contributed by atoms with Crippen molar-refractivity contribution in [3.8, 4) is 0 Å². The zero-order chi connectivity index (χ0) is 21.8. The summed E-state index contributed by atoms with van der Waals surface area (Å²) in [5.41, 5.74) is -2.04. The number of aliphatic hydroxyl groups is 1. The van der Waals surface area contributed by atoms with Gasteiger partial charge in [0.05, 0.1) is 29.5 Å². The maximum absolute atomic E-state index is 12.6. The molecule has 0 aliphatic heterocycles. The van der Waals surface area contributed by atoms with Gasteiger partial charge in [-0.3, -0.25) is 19.7 Å². The Morgan fingerprint density at radius 1 is 1.34 bits per heavy atom. The summed E-state index contributed by atoms with van der Waals surface area (Å²) in [7, 11) is 0. The number of ether oxygens (including phenoxy) is 2. The van der Waals surface area contributed by atoms with E-state index in [1.54, 1.807) is 20.8 Å². The molecule has 1 aliphatic carbocycles. The summed E-state index contributed by atoms with van der Waals surface area (Å²) in [5, 5.41) is 21.9. The fourth-order valence-corrected chi connectivity index (χ4v) is 3.08.